The van der Waals surface area contributed by atoms with Crippen LogP contribution in [-0.4, -0.2) is 20.1 Å². The van der Waals surface area contributed by atoms with E-state index in [0.29, 0.717) is 5.92 Å². The minimum Gasteiger partial charge on any atom is -0.411 e. The third-order valence-electron chi connectivity index (χ3n) is 2.57. The zero-order chi connectivity index (χ0) is 8.10. The first kappa shape index (κ1) is 8.78. The van der Waals surface area contributed by atoms with Crippen LogP contribution in [0.1, 0.15) is 32.1 Å². The van der Waals surface area contributed by atoms with Crippen LogP contribution in [0.5, 0.6) is 0 Å². The standard InChI is InChI=1S/C8H17NOSi/c1-11-8(9-10)7-5-3-2-4-6-7/h7,10H,2-6,11H2,1H3. The molecule has 0 amide bonds. The van der Waals surface area contributed by atoms with E-state index in [1.165, 1.54) is 32.1 Å². The van der Waals surface area contributed by atoms with Gasteiger partial charge in [0.1, 0.15) is 0 Å². The quantitative estimate of drug-likeness (QED) is 0.291. The monoisotopic (exact) mass is 171 g/mol. The topological polar surface area (TPSA) is 32.6 Å². The minimum absolute atomic E-state index is 0.217. The number of rotatable bonds is 2. The predicted octanol–water partition coefficient (Wildman–Crippen LogP) is 1.57. The minimum atomic E-state index is -0.217. The molecule has 0 aliphatic heterocycles. The fourth-order valence-corrected chi connectivity index (χ4v) is 3.00. The highest BCUT2D eigenvalue weighted by Crippen LogP contribution is 2.24. The van der Waals surface area contributed by atoms with Crippen molar-refractivity contribution in [2.45, 2.75) is 38.7 Å². The lowest BCUT2D eigenvalue weighted by Crippen LogP contribution is -2.21. The van der Waals surface area contributed by atoms with Gasteiger partial charge in [-0.2, -0.15) is 0 Å². The maximum atomic E-state index is 8.70. The molecule has 0 atom stereocenters. The first-order valence-corrected chi connectivity index (χ1v) is 6.71. The molecule has 0 heterocycles. The van der Waals surface area contributed by atoms with Crippen molar-refractivity contribution < 1.29 is 5.21 Å². The highest BCUT2D eigenvalue weighted by Gasteiger charge is 2.17. The number of hydrogen-bond donors (Lipinski definition) is 1. The Labute approximate surface area is 70.5 Å². The predicted molar refractivity (Wildman–Crippen MR) is 50.2 cm³/mol. The van der Waals surface area contributed by atoms with E-state index in [4.69, 9.17) is 5.21 Å². The van der Waals surface area contributed by atoms with E-state index in [2.05, 4.69) is 11.7 Å². The van der Waals surface area contributed by atoms with Crippen molar-refractivity contribution in [1.82, 2.24) is 0 Å². The van der Waals surface area contributed by atoms with Crippen LogP contribution in [0.25, 0.3) is 0 Å². The van der Waals surface area contributed by atoms with Gasteiger partial charge in [0.2, 0.25) is 0 Å². The highest BCUT2D eigenvalue weighted by molar-refractivity contribution is 6.74. The van der Waals surface area contributed by atoms with Crippen molar-refractivity contribution in [3.63, 3.8) is 0 Å². The van der Waals surface area contributed by atoms with Gasteiger partial charge in [-0.05, 0) is 18.8 Å². The van der Waals surface area contributed by atoms with Crippen molar-refractivity contribution in [3.8, 4) is 0 Å². The lowest BCUT2D eigenvalue weighted by molar-refractivity contribution is 0.312. The Morgan fingerprint density at radius 2 is 2.00 bits per heavy atom. The molecular weight excluding hydrogens is 154 g/mol. The second kappa shape index (κ2) is 4.54. The number of nitrogens with zero attached hydrogens (tertiary/aromatic N) is 1. The van der Waals surface area contributed by atoms with Crippen molar-refractivity contribution in [2.24, 2.45) is 11.1 Å². The fourth-order valence-electron chi connectivity index (χ4n) is 1.88. The van der Waals surface area contributed by atoms with Crippen LogP contribution in [0, 0.1) is 5.92 Å². The summed E-state index contributed by atoms with van der Waals surface area (Å²) in [4.78, 5) is 0. The molecule has 64 valence electrons. The van der Waals surface area contributed by atoms with Gasteiger partial charge in [0.15, 0.2) is 0 Å². The van der Waals surface area contributed by atoms with Gasteiger partial charge in [-0.15, -0.1) is 5.16 Å². The molecule has 0 bridgehead atoms. The van der Waals surface area contributed by atoms with E-state index in [1.807, 2.05) is 0 Å². The second-order valence-electron chi connectivity index (χ2n) is 3.28. The molecule has 11 heavy (non-hydrogen) atoms. The Hall–Kier alpha value is -0.313. The molecule has 0 aromatic carbocycles. The molecule has 0 spiro atoms. The first-order chi connectivity index (χ1) is 5.38. The van der Waals surface area contributed by atoms with Gasteiger partial charge in [-0.25, -0.2) is 0 Å². The van der Waals surface area contributed by atoms with Crippen LogP contribution in [-0.2, 0) is 0 Å². The SMILES string of the molecule is C[SiH2]C(=NO)C1CCCCC1. The highest BCUT2D eigenvalue weighted by atomic mass is 28.2. The Kier molecular flexibility index (Phi) is 3.63. The van der Waals surface area contributed by atoms with Crippen LogP contribution >= 0.6 is 0 Å². The van der Waals surface area contributed by atoms with Crippen LogP contribution < -0.4 is 0 Å². The molecule has 1 N–H and O–H groups in total. The zero-order valence-corrected chi connectivity index (χ0v) is 8.63. The van der Waals surface area contributed by atoms with E-state index in [-0.39, 0.29) is 9.52 Å². The normalized spacial score (nSPS) is 23.2. The van der Waals surface area contributed by atoms with Crippen molar-refractivity contribution in [3.05, 3.63) is 0 Å². The van der Waals surface area contributed by atoms with E-state index < -0.39 is 0 Å². The Morgan fingerprint density at radius 3 is 2.45 bits per heavy atom. The largest absolute Gasteiger partial charge is 0.411 e. The van der Waals surface area contributed by atoms with Gasteiger partial charge < -0.3 is 5.21 Å². The van der Waals surface area contributed by atoms with Crippen LogP contribution in [0.2, 0.25) is 6.55 Å². The molecule has 1 saturated carbocycles. The lowest BCUT2D eigenvalue weighted by Gasteiger charge is -2.21. The maximum absolute atomic E-state index is 8.70. The van der Waals surface area contributed by atoms with Gasteiger partial charge in [-0.3, -0.25) is 0 Å². The third kappa shape index (κ3) is 2.33. The van der Waals surface area contributed by atoms with Gasteiger partial charge in [0.25, 0.3) is 0 Å². The summed E-state index contributed by atoms with van der Waals surface area (Å²) < 4.78 is 0. The maximum Gasteiger partial charge on any atom is 0.0748 e. The summed E-state index contributed by atoms with van der Waals surface area (Å²) in [5, 5.41) is 13.3. The summed E-state index contributed by atoms with van der Waals surface area (Å²) in [5.74, 6) is 0.644. The fraction of sp³-hybridized carbons (Fsp3) is 0.875. The Balaban J connectivity index is 2.43. The molecule has 1 fully saturated rings. The first-order valence-electron chi connectivity index (χ1n) is 4.59. The van der Waals surface area contributed by atoms with Crippen molar-refractivity contribution in [2.75, 3.05) is 0 Å². The zero-order valence-electron chi connectivity index (χ0n) is 7.21. The molecule has 0 saturated heterocycles. The Morgan fingerprint density at radius 1 is 1.36 bits per heavy atom. The molecule has 1 aliphatic carbocycles. The molecule has 0 aromatic rings. The van der Waals surface area contributed by atoms with Gasteiger partial charge >= 0.3 is 0 Å². The number of hydrogen-bond acceptors (Lipinski definition) is 2. The van der Waals surface area contributed by atoms with E-state index in [9.17, 15) is 0 Å². The Bertz CT molecular complexity index is 141. The summed E-state index contributed by atoms with van der Waals surface area (Å²) in [5.41, 5.74) is 0. The molecule has 0 unspecified atom stereocenters. The van der Waals surface area contributed by atoms with Gasteiger partial charge in [-0.1, -0.05) is 25.8 Å². The summed E-state index contributed by atoms with van der Waals surface area (Å²) in [6.07, 6.45) is 6.57. The molecule has 1 rings (SSSR count). The number of oxime groups is 1. The average molecular weight is 171 g/mol. The molecule has 0 radical (unpaired) electrons. The van der Waals surface area contributed by atoms with Gasteiger partial charge in [0, 0.05) is 5.33 Å². The smallest absolute Gasteiger partial charge is 0.0748 e. The van der Waals surface area contributed by atoms with Crippen molar-refractivity contribution in [1.29, 1.82) is 0 Å². The molecule has 1 aliphatic rings. The molecular formula is C8H17NOSi. The summed E-state index contributed by atoms with van der Waals surface area (Å²) >= 11 is 0. The van der Waals surface area contributed by atoms with Crippen LogP contribution in [0.4, 0.5) is 0 Å². The van der Waals surface area contributed by atoms with E-state index in [1.54, 1.807) is 0 Å². The molecule has 2 nitrogen and oxygen atoms in total. The third-order valence-corrected chi connectivity index (χ3v) is 4.01. The second-order valence-corrected chi connectivity index (χ2v) is 4.71. The van der Waals surface area contributed by atoms with Crippen molar-refractivity contribution >= 4 is 14.9 Å². The summed E-state index contributed by atoms with van der Waals surface area (Å²) in [6, 6.07) is 0. The molecule has 3 heteroatoms. The van der Waals surface area contributed by atoms with Crippen LogP contribution in [0.15, 0.2) is 5.16 Å². The summed E-state index contributed by atoms with van der Waals surface area (Å²) in [7, 11) is -0.217. The summed E-state index contributed by atoms with van der Waals surface area (Å²) in [6.45, 7) is 2.20. The van der Waals surface area contributed by atoms with E-state index >= 15 is 0 Å². The van der Waals surface area contributed by atoms with Crippen LogP contribution in [0.3, 0.4) is 0 Å². The van der Waals surface area contributed by atoms with Gasteiger partial charge in [0.05, 0.1) is 9.52 Å². The van der Waals surface area contributed by atoms with E-state index in [0.717, 1.165) is 5.33 Å². The average Bonchev–Trinajstić information content (AvgIpc) is 2.09. The molecule has 0 aromatic heterocycles. The lowest BCUT2D eigenvalue weighted by atomic mass is 9.90.